The van der Waals surface area contributed by atoms with Crippen LogP contribution in [-0.2, 0) is 4.79 Å². The molecule has 104 valence electrons. The molecule has 6 heteroatoms. The molecule has 1 saturated carbocycles. The Hall–Kier alpha value is -0.0300. The Labute approximate surface area is 117 Å². The van der Waals surface area contributed by atoms with E-state index in [2.05, 4.69) is 22.5 Å². The number of rotatable bonds is 7. The van der Waals surface area contributed by atoms with Crippen molar-refractivity contribution in [2.75, 3.05) is 33.7 Å². The summed E-state index contributed by atoms with van der Waals surface area (Å²) in [6.45, 7) is 4.27. The quantitative estimate of drug-likeness (QED) is 0.731. The predicted molar refractivity (Wildman–Crippen MR) is 76.2 cm³/mol. The number of hydrogen-bond acceptors (Lipinski definition) is 3. The monoisotopic (exact) mass is 285 g/mol. The van der Waals surface area contributed by atoms with E-state index < -0.39 is 0 Å². The number of halogens is 2. The minimum atomic E-state index is 0. The van der Waals surface area contributed by atoms with Crippen molar-refractivity contribution < 1.29 is 4.79 Å². The number of carbonyl (C=O) groups excluding carboxylic acids is 1. The summed E-state index contributed by atoms with van der Waals surface area (Å²) >= 11 is 0. The van der Waals surface area contributed by atoms with Crippen LogP contribution in [0.4, 0.5) is 0 Å². The zero-order valence-electron chi connectivity index (χ0n) is 10.9. The van der Waals surface area contributed by atoms with Crippen LogP contribution in [0.25, 0.3) is 0 Å². The zero-order valence-corrected chi connectivity index (χ0v) is 12.5. The molecule has 0 spiro atoms. The Morgan fingerprint density at radius 1 is 1.35 bits per heavy atom. The molecule has 1 unspecified atom stereocenters. The number of hydrogen-bond donors (Lipinski definition) is 2. The Kier molecular flexibility index (Phi) is 11.3. The molecule has 1 rings (SSSR count). The molecule has 1 atom stereocenters. The van der Waals surface area contributed by atoms with Crippen LogP contribution in [0, 0.1) is 5.92 Å². The predicted octanol–water partition coefficient (Wildman–Crippen LogP) is 0.896. The van der Waals surface area contributed by atoms with E-state index in [0.717, 1.165) is 19.0 Å². The summed E-state index contributed by atoms with van der Waals surface area (Å²) < 4.78 is 0. The molecule has 0 heterocycles. The van der Waals surface area contributed by atoms with Crippen LogP contribution >= 0.6 is 24.8 Å². The summed E-state index contributed by atoms with van der Waals surface area (Å²) in [5.41, 5.74) is 0. The van der Waals surface area contributed by atoms with Gasteiger partial charge in [0.15, 0.2) is 0 Å². The highest BCUT2D eigenvalue weighted by molar-refractivity contribution is 5.85. The molecule has 1 aliphatic rings. The zero-order chi connectivity index (χ0) is 11.3. The van der Waals surface area contributed by atoms with E-state index in [0.29, 0.717) is 12.6 Å². The molecule has 0 radical (unpaired) electrons. The van der Waals surface area contributed by atoms with Gasteiger partial charge in [0.2, 0.25) is 5.91 Å². The molecule has 1 aliphatic carbocycles. The lowest BCUT2D eigenvalue weighted by molar-refractivity contribution is -0.120. The van der Waals surface area contributed by atoms with E-state index in [1.54, 1.807) is 0 Å². The van der Waals surface area contributed by atoms with E-state index in [1.165, 1.54) is 12.8 Å². The lowest BCUT2D eigenvalue weighted by atomic mass is 10.3. The van der Waals surface area contributed by atoms with Gasteiger partial charge in [0.05, 0.1) is 6.54 Å². The summed E-state index contributed by atoms with van der Waals surface area (Å²) in [5, 5.41) is 6.09. The third kappa shape index (κ3) is 9.65. The third-order valence-electron chi connectivity index (χ3n) is 2.89. The van der Waals surface area contributed by atoms with Crippen LogP contribution in [-0.4, -0.2) is 50.6 Å². The van der Waals surface area contributed by atoms with Gasteiger partial charge in [-0.3, -0.25) is 4.79 Å². The molecular formula is C11H25Cl2N3O. The van der Waals surface area contributed by atoms with Crippen LogP contribution in [0.3, 0.4) is 0 Å². The van der Waals surface area contributed by atoms with Gasteiger partial charge >= 0.3 is 0 Å². The number of nitrogens with one attached hydrogen (secondary N) is 2. The van der Waals surface area contributed by atoms with Crippen molar-refractivity contribution in [2.24, 2.45) is 5.92 Å². The molecular weight excluding hydrogens is 261 g/mol. The van der Waals surface area contributed by atoms with Crippen molar-refractivity contribution in [1.82, 2.24) is 15.5 Å². The van der Waals surface area contributed by atoms with Crippen LogP contribution in [0.15, 0.2) is 0 Å². The summed E-state index contributed by atoms with van der Waals surface area (Å²) in [5.74, 6) is 0.933. The van der Waals surface area contributed by atoms with Gasteiger partial charge in [0.25, 0.3) is 0 Å². The van der Waals surface area contributed by atoms with Crippen LogP contribution < -0.4 is 10.6 Å². The number of carbonyl (C=O) groups is 1. The first kappa shape index (κ1) is 19.3. The lowest BCUT2D eigenvalue weighted by Gasteiger charge is -2.19. The molecule has 4 nitrogen and oxygen atoms in total. The Morgan fingerprint density at radius 3 is 2.41 bits per heavy atom. The lowest BCUT2D eigenvalue weighted by Crippen LogP contribution is -2.41. The summed E-state index contributed by atoms with van der Waals surface area (Å²) in [6, 6.07) is 0.386. The van der Waals surface area contributed by atoms with Gasteiger partial charge in [-0.15, -0.1) is 24.8 Å². The highest BCUT2D eigenvalue weighted by atomic mass is 35.5. The first-order chi connectivity index (χ1) is 7.09. The normalized spacial score (nSPS) is 15.8. The van der Waals surface area contributed by atoms with Gasteiger partial charge in [-0.25, -0.2) is 0 Å². The van der Waals surface area contributed by atoms with Gasteiger partial charge in [-0.1, -0.05) is 0 Å². The Balaban J connectivity index is 0. The van der Waals surface area contributed by atoms with Crippen molar-refractivity contribution in [2.45, 2.75) is 25.8 Å². The van der Waals surface area contributed by atoms with Crippen LogP contribution in [0.2, 0.25) is 0 Å². The molecule has 2 N–H and O–H groups in total. The van der Waals surface area contributed by atoms with Crippen LogP contribution in [0.1, 0.15) is 19.8 Å². The van der Waals surface area contributed by atoms with Gasteiger partial charge in [-0.05, 0) is 46.3 Å². The molecule has 0 aliphatic heterocycles. The second-order valence-corrected chi connectivity index (χ2v) is 4.69. The molecule has 1 fully saturated rings. The maximum absolute atomic E-state index is 11.4. The van der Waals surface area contributed by atoms with E-state index in [9.17, 15) is 4.79 Å². The highest BCUT2D eigenvalue weighted by Crippen LogP contribution is 2.27. The SMILES string of the molecule is CC(CNC(=O)CNCC1CC1)N(C)C.Cl.Cl. The van der Waals surface area contributed by atoms with Gasteiger partial charge in [0, 0.05) is 12.6 Å². The largest absolute Gasteiger partial charge is 0.353 e. The Bertz CT molecular complexity index is 211. The second kappa shape index (κ2) is 9.95. The average molecular weight is 286 g/mol. The van der Waals surface area contributed by atoms with Gasteiger partial charge in [0.1, 0.15) is 0 Å². The standard InChI is InChI=1S/C11H23N3O.2ClH/c1-9(14(2)3)6-13-11(15)8-12-7-10-4-5-10;;/h9-10,12H,4-8H2,1-3H3,(H,13,15);2*1H. The summed E-state index contributed by atoms with van der Waals surface area (Å²) in [4.78, 5) is 13.5. The fourth-order valence-corrected chi connectivity index (χ4v) is 1.22. The second-order valence-electron chi connectivity index (χ2n) is 4.69. The number of amides is 1. The minimum absolute atomic E-state index is 0. The van der Waals surface area contributed by atoms with Crippen molar-refractivity contribution in [1.29, 1.82) is 0 Å². The van der Waals surface area contributed by atoms with E-state index in [1.807, 2.05) is 14.1 Å². The van der Waals surface area contributed by atoms with Gasteiger partial charge < -0.3 is 15.5 Å². The average Bonchev–Trinajstić information content (AvgIpc) is 2.97. The molecule has 0 saturated heterocycles. The fourth-order valence-electron chi connectivity index (χ4n) is 1.22. The number of nitrogens with zero attached hydrogens (tertiary/aromatic N) is 1. The summed E-state index contributed by atoms with van der Waals surface area (Å²) in [6.07, 6.45) is 2.65. The van der Waals surface area contributed by atoms with Crippen molar-refractivity contribution >= 4 is 30.7 Å². The molecule has 1 amide bonds. The molecule has 0 bridgehead atoms. The van der Waals surface area contributed by atoms with E-state index >= 15 is 0 Å². The molecule has 0 aromatic heterocycles. The topological polar surface area (TPSA) is 44.4 Å². The maximum atomic E-state index is 11.4. The Morgan fingerprint density at radius 2 is 1.94 bits per heavy atom. The molecule has 0 aromatic rings. The van der Waals surface area contributed by atoms with Crippen molar-refractivity contribution in [3.8, 4) is 0 Å². The summed E-state index contributed by atoms with van der Waals surface area (Å²) in [7, 11) is 4.03. The smallest absolute Gasteiger partial charge is 0.234 e. The third-order valence-corrected chi connectivity index (χ3v) is 2.89. The van der Waals surface area contributed by atoms with Crippen molar-refractivity contribution in [3.05, 3.63) is 0 Å². The van der Waals surface area contributed by atoms with Gasteiger partial charge in [-0.2, -0.15) is 0 Å². The maximum Gasteiger partial charge on any atom is 0.234 e. The van der Waals surface area contributed by atoms with E-state index in [4.69, 9.17) is 0 Å². The molecule has 17 heavy (non-hydrogen) atoms. The van der Waals surface area contributed by atoms with E-state index in [-0.39, 0.29) is 30.7 Å². The fraction of sp³-hybridized carbons (Fsp3) is 0.909. The van der Waals surface area contributed by atoms with Crippen LogP contribution in [0.5, 0.6) is 0 Å². The first-order valence-electron chi connectivity index (χ1n) is 5.73. The minimum Gasteiger partial charge on any atom is -0.353 e. The molecule has 0 aromatic carbocycles. The highest BCUT2D eigenvalue weighted by Gasteiger charge is 2.20. The first-order valence-corrected chi connectivity index (χ1v) is 5.73. The van der Waals surface area contributed by atoms with Crippen molar-refractivity contribution in [3.63, 3.8) is 0 Å². The number of likely N-dealkylation sites (N-methyl/N-ethyl adjacent to an activating group) is 1.